The van der Waals surface area contributed by atoms with Gasteiger partial charge in [-0.15, -0.1) is 0 Å². The smallest absolute Gasteiger partial charge is 0.237 e. The Morgan fingerprint density at radius 1 is 1.03 bits per heavy atom. The minimum Gasteiger partial charge on any atom is -0.237 e. The lowest BCUT2D eigenvalue weighted by Crippen LogP contribution is -2.37. The molecule has 0 saturated carbocycles. The molecular formula is C22H19ClN4O2S. The first-order valence-corrected chi connectivity index (χ1v) is 11.4. The fourth-order valence-corrected chi connectivity index (χ4v) is 5.48. The predicted molar refractivity (Wildman–Crippen MR) is 116 cm³/mol. The summed E-state index contributed by atoms with van der Waals surface area (Å²) in [6.07, 6.45) is 2.35. The van der Waals surface area contributed by atoms with Crippen LogP contribution in [-0.4, -0.2) is 33.9 Å². The molecule has 0 radical (unpaired) electrons. The largest absolute Gasteiger partial charge is 0.243 e. The second kappa shape index (κ2) is 7.19. The number of aryl methyl sites for hydroxylation is 1. The number of benzene rings is 2. The lowest BCUT2D eigenvalue weighted by atomic mass is 10.1. The molecule has 2 aromatic heterocycles. The zero-order valence-electron chi connectivity index (χ0n) is 16.3. The highest BCUT2D eigenvalue weighted by Crippen LogP contribution is 2.28. The Kier molecular flexibility index (Phi) is 4.61. The predicted octanol–water partition coefficient (Wildman–Crippen LogP) is 4.11. The Balaban J connectivity index is 1.43. The van der Waals surface area contributed by atoms with Gasteiger partial charge in [-0.25, -0.2) is 17.9 Å². The topological polar surface area (TPSA) is 67.6 Å². The summed E-state index contributed by atoms with van der Waals surface area (Å²) in [5.74, 6) is 0. The van der Waals surface area contributed by atoms with E-state index in [1.54, 1.807) is 18.3 Å². The Hall–Kier alpha value is -2.74. The van der Waals surface area contributed by atoms with Crippen molar-refractivity contribution in [1.29, 1.82) is 0 Å². The molecule has 0 amide bonds. The summed E-state index contributed by atoms with van der Waals surface area (Å²) in [6.45, 7) is 2.62. The normalized spacial score (nSPS) is 14.7. The van der Waals surface area contributed by atoms with Gasteiger partial charge in [-0.3, -0.25) is 0 Å². The summed E-state index contributed by atoms with van der Waals surface area (Å²) >= 11 is 6.07. The van der Waals surface area contributed by atoms with Gasteiger partial charge in [0.15, 0.2) is 5.65 Å². The maximum atomic E-state index is 13.2. The van der Waals surface area contributed by atoms with E-state index in [0.29, 0.717) is 18.0 Å². The Morgan fingerprint density at radius 2 is 1.83 bits per heavy atom. The van der Waals surface area contributed by atoms with Gasteiger partial charge in [-0.2, -0.15) is 9.40 Å². The molecule has 30 heavy (non-hydrogen) atoms. The van der Waals surface area contributed by atoms with Crippen molar-refractivity contribution in [1.82, 2.24) is 18.9 Å². The van der Waals surface area contributed by atoms with Crippen LogP contribution < -0.4 is 0 Å². The molecule has 0 saturated heterocycles. The van der Waals surface area contributed by atoms with Crippen LogP contribution >= 0.6 is 11.6 Å². The second-order valence-corrected chi connectivity index (χ2v) is 9.78. The standard InChI is InChI=1S/C22H19ClN4O2S/c1-15-11-22-24-13-18-14-26(10-9-21(18)27(22)25-15)30(28,29)20-7-5-16(6-8-20)17-3-2-4-19(23)12-17/h2-8,11-13H,9-10,14H2,1H3. The van der Waals surface area contributed by atoms with Gasteiger partial charge in [0.25, 0.3) is 0 Å². The van der Waals surface area contributed by atoms with Gasteiger partial charge < -0.3 is 0 Å². The van der Waals surface area contributed by atoms with Crippen LogP contribution in [0.25, 0.3) is 16.8 Å². The van der Waals surface area contributed by atoms with Gasteiger partial charge in [-0.05, 0) is 42.3 Å². The van der Waals surface area contributed by atoms with Crippen LogP contribution in [0.15, 0.2) is 65.7 Å². The number of hydrogen-bond acceptors (Lipinski definition) is 4. The van der Waals surface area contributed by atoms with Crippen molar-refractivity contribution in [2.75, 3.05) is 6.54 Å². The maximum absolute atomic E-state index is 13.2. The van der Waals surface area contributed by atoms with E-state index in [1.807, 2.05) is 53.9 Å². The molecule has 4 aromatic rings. The Labute approximate surface area is 179 Å². The van der Waals surface area contributed by atoms with Gasteiger partial charge >= 0.3 is 0 Å². The van der Waals surface area contributed by atoms with E-state index >= 15 is 0 Å². The summed E-state index contributed by atoms with van der Waals surface area (Å²) in [7, 11) is -3.61. The van der Waals surface area contributed by atoms with E-state index in [2.05, 4.69) is 10.1 Å². The van der Waals surface area contributed by atoms with Crippen LogP contribution in [0.4, 0.5) is 0 Å². The van der Waals surface area contributed by atoms with Crippen molar-refractivity contribution < 1.29 is 8.42 Å². The number of rotatable bonds is 3. The van der Waals surface area contributed by atoms with Crippen molar-refractivity contribution >= 4 is 27.3 Å². The third-order valence-corrected chi connectivity index (χ3v) is 7.48. The van der Waals surface area contributed by atoms with Crippen molar-refractivity contribution in [3.8, 4) is 11.1 Å². The van der Waals surface area contributed by atoms with Gasteiger partial charge in [-0.1, -0.05) is 35.9 Å². The first-order valence-electron chi connectivity index (χ1n) is 9.61. The Bertz CT molecular complexity index is 1360. The third kappa shape index (κ3) is 3.29. The summed E-state index contributed by atoms with van der Waals surface area (Å²) in [5.41, 5.74) is 5.46. The van der Waals surface area contributed by atoms with E-state index in [1.165, 1.54) is 4.31 Å². The fraction of sp³-hybridized carbons (Fsp3) is 0.182. The Morgan fingerprint density at radius 3 is 2.60 bits per heavy atom. The molecule has 1 aliphatic heterocycles. The minimum atomic E-state index is -3.61. The number of halogens is 1. The third-order valence-electron chi connectivity index (χ3n) is 5.39. The first-order chi connectivity index (χ1) is 14.4. The molecule has 0 bridgehead atoms. The van der Waals surface area contributed by atoms with Crippen LogP contribution in [0.1, 0.15) is 17.0 Å². The number of fused-ring (bicyclic) bond motifs is 3. The molecule has 2 aromatic carbocycles. The highest BCUT2D eigenvalue weighted by molar-refractivity contribution is 7.89. The molecule has 6 nitrogen and oxygen atoms in total. The molecular weight excluding hydrogens is 420 g/mol. The van der Waals surface area contributed by atoms with Gasteiger partial charge in [0, 0.05) is 42.4 Å². The first kappa shape index (κ1) is 19.2. The van der Waals surface area contributed by atoms with Crippen LogP contribution in [0.3, 0.4) is 0 Å². The highest BCUT2D eigenvalue weighted by atomic mass is 35.5. The fourth-order valence-electron chi connectivity index (χ4n) is 3.87. The van der Waals surface area contributed by atoms with E-state index in [9.17, 15) is 8.42 Å². The molecule has 0 spiro atoms. The number of sulfonamides is 1. The lowest BCUT2D eigenvalue weighted by Gasteiger charge is -2.28. The molecule has 0 atom stereocenters. The molecule has 0 aliphatic carbocycles. The molecule has 5 rings (SSSR count). The molecule has 8 heteroatoms. The van der Waals surface area contributed by atoms with Crippen LogP contribution in [0.5, 0.6) is 0 Å². The SMILES string of the molecule is Cc1cc2ncc3c(n2n1)CCN(S(=O)(=O)c1ccc(-c2cccc(Cl)c2)cc1)C3. The van der Waals surface area contributed by atoms with Gasteiger partial charge in [0.2, 0.25) is 10.0 Å². The van der Waals surface area contributed by atoms with Crippen molar-refractivity contribution in [2.24, 2.45) is 0 Å². The number of aromatic nitrogens is 3. The molecule has 1 aliphatic rings. The van der Waals surface area contributed by atoms with Crippen LogP contribution in [0.2, 0.25) is 5.02 Å². The maximum Gasteiger partial charge on any atom is 0.243 e. The van der Waals surface area contributed by atoms with E-state index < -0.39 is 10.0 Å². The van der Waals surface area contributed by atoms with Crippen molar-refractivity contribution in [2.45, 2.75) is 24.8 Å². The summed E-state index contributed by atoms with van der Waals surface area (Å²) < 4.78 is 29.8. The number of nitrogens with zero attached hydrogens (tertiary/aromatic N) is 4. The molecule has 0 unspecified atom stereocenters. The summed E-state index contributed by atoms with van der Waals surface area (Å²) in [5, 5.41) is 5.14. The quantitative estimate of drug-likeness (QED) is 0.483. The minimum absolute atomic E-state index is 0.278. The molecule has 3 heterocycles. The van der Waals surface area contributed by atoms with Crippen LogP contribution in [0, 0.1) is 6.92 Å². The van der Waals surface area contributed by atoms with Crippen molar-refractivity contribution in [3.05, 3.63) is 82.8 Å². The van der Waals surface area contributed by atoms with E-state index in [0.717, 1.165) is 33.7 Å². The average molecular weight is 439 g/mol. The van der Waals surface area contributed by atoms with Crippen molar-refractivity contribution in [3.63, 3.8) is 0 Å². The van der Waals surface area contributed by atoms with E-state index in [4.69, 9.17) is 11.6 Å². The number of hydrogen-bond donors (Lipinski definition) is 0. The summed E-state index contributed by atoms with van der Waals surface area (Å²) in [4.78, 5) is 4.70. The van der Waals surface area contributed by atoms with Crippen LogP contribution in [-0.2, 0) is 23.0 Å². The zero-order valence-corrected chi connectivity index (χ0v) is 17.9. The second-order valence-electron chi connectivity index (χ2n) is 7.41. The molecule has 0 fully saturated rings. The van der Waals surface area contributed by atoms with Gasteiger partial charge in [0.05, 0.1) is 16.3 Å². The van der Waals surface area contributed by atoms with E-state index in [-0.39, 0.29) is 11.4 Å². The molecule has 152 valence electrons. The lowest BCUT2D eigenvalue weighted by molar-refractivity contribution is 0.384. The highest BCUT2D eigenvalue weighted by Gasteiger charge is 2.30. The van der Waals surface area contributed by atoms with Gasteiger partial charge in [0.1, 0.15) is 0 Å². The monoisotopic (exact) mass is 438 g/mol. The zero-order chi connectivity index (χ0) is 20.9. The summed E-state index contributed by atoms with van der Waals surface area (Å²) in [6, 6.07) is 16.3. The molecule has 0 N–H and O–H groups in total. The average Bonchev–Trinajstić information content (AvgIpc) is 3.14.